The second-order valence-electron chi connectivity index (χ2n) is 9.11. The van der Waals surface area contributed by atoms with E-state index < -0.39 is 11.9 Å². The molecule has 0 saturated carbocycles. The number of hydrogen-bond donors (Lipinski definition) is 2. The number of pyridine rings is 1. The Balaban J connectivity index is 1.37. The van der Waals surface area contributed by atoms with Crippen LogP contribution in [0.3, 0.4) is 0 Å². The number of halogens is 3. The van der Waals surface area contributed by atoms with Gasteiger partial charge in [-0.3, -0.25) is 9.48 Å². The Morgan fingerprint density at radius 1 is 1.18 bits per heavy atom. The Labute approximate surface area is 215 Å². The zero-order valence-corrected chi connectivity index (χ0v) is 20.7. The van der Waals surface area contributed by atoms with Crippen LogP contribution in [0.15, 0.2) is 42.6 Å². The number of ether oxygens (including phenoxy) is 2. The molecule has 4 aromatic rings. The largest absolute Gasteiger partial charge is 0.457 e. The van der Waals surface area contributed by atoms with E-state index in [1.54, 1.807) is 41.9 Å². The summed E-state index contributed by atoms with van der Waals surface area (Å²) < 4.78 is 55.2. The van der Waals surface area contributed by atoms with E-state index in [1.165, 1.54) is 13.1 Å². The second kappa shape index (κ2) is 10.3. The molecule has 1 fully saturated rings. The number of rotatable bonds is 7. The van der Waals surface area contributed by atoms with Crippen LogP contribution in [0.4, 0.5) is 30.8 Å². The second-order valence-corrected chi connectivity index (χ2v) is 9.11. The van der Waals surface area contributed by atoms with Crippen molar-refractivity contribution >= 4 is 34.5 Å². The molecule has 0 bridgehead atoms. The van der Waals surface area contributed by atoms with E-state index in [0.29, 0.717) is 47.5 Å². The summed E-state index contributed by atoms with van der Waals surface area (Å²) in [6.45, 7) is 2.56. The summed E-state index contributed by atoms with van der Waals surface area (Å²) in [5, 5.41) is 9.72. The Bertz CT molecular complexity index is 1460. The Morgan fingerprint density at radius 3 is 2.74 bits per heavy atom. The smallest absolute Gasteiger partial charge is 0.433 e. The Morgan fingerprint density at radius 2 is 2.00 bits per heavy atom. The molecule has 1 aliphatic rings. The molecule has 1 saturated heterocycles. The van der Waals surface area contributed by atoms with Crippen LogP contribution in [0.5, 0.6) is 11.5 Å². The van der Waals surface area contributed by atoms with Crippen LogP contribution in [0.1, 0.15) is 25.5 Å². The van der Waals surface area contributed by atoms with E-state index in [4.69, 9.17) is 9.47 Å². The molecule has 4 heterocycles. The molecule has 2 N–H and O–H groups in total. The first-order valence-electron chi connectivity index (χ1n) is 12.0. The number of aromatic nitrogens is 5. The van der Waals surface area contributed by atoms with Gasteiger partial charge in [0.2, 0.25) is 11.9 Å². The molecule has 5 rings (SSSR count). The lowest BCUT2D eigenvalue weighted by Gasteiger charge is -2.22. The van der Waals surface area contributed by atoms with Crippen LogP contribution in [0, 0.1) is 5.92 Å². The van der Waals surface area contributed by atoms with Gasteiger partial charge in [0.25, 0.3) is 0 Å². The maximum atomic E-state index is 13.7. The molecule has 1 aliphatic heterocycles. The molecule has 0 radical (unpaired) electrons. The summed E-state index contributed by atoms with van der Waals surface area (Å²) in [4.78, 5) is 19.9. The van der Waals surface area contributed by atoms with Gasteiger partial charge in [0, 0.05) is 57.4 Å². The van der Waals surface area contributed by atoms with Gasteiger partial charge in [-0.15, -0.1) is 0 Å². The predicted molar refractivity (Wildman–Crippen MR) is 133 cm³/mol. The third-order valence-electron chi connectivity index (χ3n) is 6.12. The van der Waals surface area contributed by atoms with E-state index in [-0.39, 0.29) is 24.2 Å². The number of nitrogens with zero attached hydrogens (tertiary/aromatic N) is 5. The number of nitrogens with one attached hydrogen (secondary N) is 2. The number of anilines is 3. The standard InChI is InChI=1S/C25H26F3N7O3/c1-15(36)30-22-11-18(7-8-29-22)38-17-5-6-19-20(10-17)34(2)24(31-19)32-23-12-21(25(26,27)28)35(33-23)13-16-4-3-9-37-14-16/h5-8,10-12,16H,3-4,9,13-14H2,1-2H3,(H,29,30,36)(H,31,32,33)/t16-/m0/s1. The van der Waals surface area contributed by atoms with Gasteiger partial charge in [-0.1, -0.05) is 0 Å². The summed E-state index contributed by atoms with van der Waals surface area (Å²) >= 11 is 0. The minimum atomic E-state index is -4.55. The quantitative estimate of drug-likeness (QED) is 0.343. The highest BCUT2D eigenvalue weighted by molar-refractivity contribution is 5.87. The lowest BCUT2D eigenvalue weighted by molar-refractivity contribution is -0.144. The zero-order valence-electron chi connectivity index (χ0n) is 20.7. The number of carbonyl (C=O) groups excluding carboxylic acids is 1. The first-order chi connectivity index (χ1) is 18.2. The first kappa shape index (κ1) is 25.5. The third kappa shape index (κ3) is 5.72. The highest BCUT2D eigenvalue weighted by Gasteiger charge is 2.36. The minimum absolute atomic E-state index is 0.0264. The van der Waals surface area contributed by atoms with Crippen molar-refractivity contribution < 1.29 is 27.4 Å². The van der Waals surface area contributed by atoms with Crippen molar-refractivity contribution in [2.45, 2.75) is 32.5 Å². The van der Waals surface area contributed by atoms with E-state index in [0.717, 1.165) is 23.6 Å². The summed E-state index contributed by atoms with van der Waals surface area (Å²) in [6, 6.07) is 9.47. The number of hydrogen-bond acceptors (Lipinski definition) is 7. The number of amides is 1. The number of fused-ring (bicyclic) bond motifs is 1. The molecule has 10 nitrogen and oxygen atoms in total. The molecule has 1 atom stereocenters. The van der Waals surface area contributed by atoms with Gasteiger partial charge in [0.1, 0.15) is 23.0 Å². The molecule has 200 valence electrons. The normalized spacial score (nSPS) is 16.0. The monoisotopic (exact) mass is 529 g/mol. The topological polar surface area (TPSA) is 108 Å². The van der Waals surface area contributed by atoms with Crippen molar-refractivity contribution in [3.05, 3.63) is 48.3 Å². The maximum Gasteiger partial charge on any atom is 0.433 e. The van der Waals surface area contributed by atoms with Gasteiger partial charge in [0.05, 0.1) is 17.6 Å². The van der Waals surface area contributed by atoms with Gasteiger partial charge in [0.15, 0.2) is 5.82 Å². The molecule has 38 heavy (non-hydrogen) atoms. The van der Waals surface area contributed by atoms with E-state index in [9.17, 15) is 18.0 Å². The summed E-state index contributed by atoms with van der Waals surface area (Å²) in [6.07, 6.45) is -1.42. The van der Waals surface area contributed by atoms with Crippen molar-refractivity contribution in [1.29, 1.82) is 0 Å². The van der Waals surface area contributed by atoms with Crippen molar-refractivity contribution in [3.63, 3.8) is 0 Å². The summed E-state index contributed by atoms with van der Waals surface area (Å²) in [5.41, 5.74) is 0.484. The van der Waals surface area contributed by atoms with Crippen LogP contribution in [-0.2, 0) is 29.3 Å². The lowest BCUT2D eigenvalue weighted by Crippen LogP contribution is -2.25. The van der Waals surface area contributed by atoms with Gasteiger partial charge in [-0.25, -0.2) is 9.97 Å². The van der Waals surface area contributed by atoms with Crippen LogP contribution in [0.2, 0.25) is 0 Å². The van der Waals surface area contributed by atoms with Crippen molar-refractivity contribution in [3.8, 4) is 11.5 Å². The number of benzene rings is 1. The molecule has 3 aromatic heterocycles. The van der Waals surface area contributed by atoms with Crippen LogP contribution in [0.25, 0.3) is 11.0 Å². The van der Waals surface area contributed by atoms with Crippen molar-refractivity contribution in [1.82, 2.24) is 24.3 Å². The van der Waals surface area contributed by atoms with E-state index in [2.05, 4.69) is 25.7 Å². The third-order valence-corrected chi connectivity index (χ3v) is 6.12. The molecule has 1 aromatic carbocycles. The maximum absolute atomic E-state index is 13.7. The van der Waals surface area contributed by atoms with Crippen LogP contribution < -0.4 is 15.4 Å². The predicted octanol–water partition coefficient (Wildman–Crippen LogP) is 5.10. The van der Waals surface area contributed by atoms with Crippen molar-refractivity contribution in [2.75, 3.05) is 23.8 Å². The average molecular weight is 530 g/mol. The van der Waals surface area contributed by atoms with Crippen LogP contribution in [-0.4, -0.2) is 43.4 Å². The molecule has 1 amide bonds. The molecular formula is C25H26F3N7O3. The fraction of sp³-hybridized carbons (Fsp3) is 0.360. The lowest BCUT2D eigenvalue weighted by atomic mass is 10.0. The highest BCUT2D eigenvalue weighted by atomic mass is 19.4. The first-order valence-corrected chi connectivity index (χ1v) is 12.0. The van der Waals surface area contributed by atoms with E-state index >= 15 is 0 Å². The number of alkyl halides is 3. The summed E-state index contributed by atoms with van der Waals surface area (Å²) in [7, 11) is 1.74. The fourth-order valence-electron chi connectivity index (χ4n) is 4.36. The number of aryl methyl sites for hydroxylation is 1. The SMILES string of the molecule is CC(=O)Nc1cc(Oc2ccc3nc(Nc4cc(C(F)(F)F)n(C[C@@H]5CCCOC5)n4)n(C)c3c2)ccn1. The zero-order chi connectivity index (χ0) is 26.9. The average Bonchev–Trinajstić information content (AvgIpc) is 3.40. The fourth-order valence-corrected chi connectivity index (χ4v) is 4.36. The minimum Gasteiger partial charge on any atom is -0.457 e. The molecule has 13 heteroatoms. The van der Waals surface area contributed by atoms with Gasteiger partial charge in [-0.2, -0.15) is 18.3 Å². The Kier molecular flexibility index (Phi) is 6.93. The van der Waals surface area contributed by atoms with E-state index in [1.807, 2.05) is 0 Å². The highest BCUT2D eigenvalue weighted by Crippen LogP contribution is 2.34. The van der Waals surface area contributed by atoms with Gasteiger partial charge >= 0.3 is 6.18 Å². The van der Waals surface area contributed by atoms with Crippen LogP contribution >= 0.6 is 0 Å². The number of imidazole rings is 1. The van der Waals surface area contributed by atoms with Crippen molar-refractivity contribution in [2.24, 2.45) is 13.0 Å². The number of carbonyl (C=O) groups is 1. The Hall–Kier alpha value is -4.13. The van der Waals surface area contributed by atoms with Gasteiger partial charge in [-0.05, 0) is 31.0 Å². The molecule has 0 aliphatic carbocycles. The molecule has 0 spiro atoms. The molecular weight excluding hydrogens is 503 g/mol. The molecule has 0 unspecified atom stereocenters. The summed E-state index contributed by atoms with van der Waals surface area (Å²) in [5.74, 6) is 1.43. The van der Waals surface area contributed by atoms with Gasteiger partial charge < -0.3 is 24.7 Å².